The van der Waals surface area contributed by atoms with Gasteiger partial charge in [-0.2, -0.15) is 0 Å². The minimum atomic E-state index is -0.215. The van der Waals surface area contributed by atoms with Gasteiger partial charge in [-0.05, 0) is 51.7 Å². The van der Waals surface area contributed by atoms with Crippen molar-refractivity contribution in [3.63, 3.8) is 0 Å². The van der Waals surface area contributed by atoms with Crippen LogP contribution in [0.1, 0.15) is 25.7 Å². The Balaban J connectivity index is 1.60. The van der Waals surface area contributed by atoms with Crippen LogP contribution in [0, 0.1) is 11.3 Å². The zero-order valence-electron chi connectivity index (χ0n) is 12.0. The SMILES string of the molecule is CN1CCCC2CN(CC3(C=O)CCOC3)CCC21. The van der Waals surface area contributed by atoms with E-state index >= 15 is 0 Å². The largest absolute Gasteiger partial charge is 0.380 e. The molecule has 0 aromatic carbocycles. The van der Waals surface area contributed by atoms with Crippen molar-refractivity contribution in [1.29, 1.82) is 0 Å². The first-order chi connectivity index (χ1) is 9.22. The number of piperidine rings is 2. The van der Waals surface area contributed by atoms with E-state index in [1.807, 2.05) is 0 Å². The van der Waals surface area contributed by atoms with Crippen molar-refractivity contribution in [1.82, 2.24) is 9.80 Å². The van der Waals surface area contributed by atoms with Gasteiger partial charge < -0.3 is 19.3 Å². The van der Waals surface area contributed by atoms with Gasteiger partial charge in [-0.15, -0.1) is 0 Å². The van der Waals surface area contributed by atoms with Gasteiger partial charge in [0.2, 0.25) is 0 Å². The zero-order chi connectivity index (χ0) is 13.3. The van der Waals surface area contributed by atoms with E-state index in [2.05, 4.69) is 16.8 Å². The molecule has 0 aromatic rings. The molecule has 3 rings (SSSR count). The fourth-order valence-electron chi connectivity index (χ4n) is 4.19. The molecule has 0 amide bonds. The number of rotatable bonds is 3. The van der Waals surface area contributed by atoms with Gasteiger partial charge in [-0.1, -0.05) is 0 Å². The molecule has 3 unspecified atom stereocenters. The van der Waals surface area contributed by atoms with Crippen LogP contribution in [0.3, 0.4) is 0 Å². The molecule has 0 bridgehead atoms. The molecule has 0 radical (unpaired) electrons. The van der Waals surface area contributed by atoms with Crippen molar-refractivity contribution in [2.24, 2.45) is 11.3 Å². The zero-order valence-corrected chi connectivity index (χ0v) is 12.0. The van der Waals surface area contributed by atoms with Crippen LogP contribution in [-0.2, 0) is 9.53 Å². The van der Waals surface area contributed by atoms with Crippen molar-refractivity contribution in [2.45, 2.75) is 31.7 Å². The molecule has 3 heterocycles. The first kappa shape index (κ1) is 13.5. The minimum absolute atomic E-state index is 0.215. The Morgan fingerprint density at radius 2 is 2.26 bits per heavy atom. The van der Waals surface area contributed by atoms with Gasteiger partial charge in [-0.3, -0.25) is 0 Å². The molecular formula is C15H26N2O2. The monoisotopic (exact) mass is 266 g/mol. The summed E-state index contributed by atoms with van der Waals surface area (Å²) in [4.78, 5) is 16.5. The second kappa shape index (κ2) is 5.51. The van der Waals surface area contributed by atoms with Gasteiger partial charge in [0, 0.05) is 25.7 Å². The molecule has 3 atom stereocenters. The van der Waals surface area contributed by atoms with Crippen molar-refractivity contribution >= 4 is 6.29 Å². The fraction of sp³-hybridized carbons (Fsp3) is 0.933. The minimum Gasteiger partial charge on any atom is -0.380 e. The molecule has 3 fully saturated rings. The Kier molecular flexibility index (Phi) is 3.92. The summed E-state index contributed by atoms with van der Waals surface area (Å²) in [5.74, 6) is 0.804. The summed E-state index contributed by atoms with van der Waals surface area (Å²) < 4.78 is 5.45. The van der Waals surface area contributed by atoms with E-state index in [1.54, 1.807) is 0 Å². The van der Waals surface area contributed by atoms with E-state index in [4.69, 9.17) is 4.74 Å². The maximum Gasteiger partial charge on any atom is 0.129 e. The van der Waals surface area contributed by atoms with E-state index in [9.17, 15) is 4.79 Å². The van der Waals surface area contributed by atoms with Crippen LogP contribution >= 0.6 is 0 Å². The Labute approximate surface area is 116 Å². The van der Waals surface area contributed by atoms with E-state index < -0.39 is 0 Å². The second-order valence-electron chi connectivity index (χ2n) is 6.76. The summed E-state index contributed by atoms with van der Waals surface area (Å²) >= 11 is 0. The van der Waals surface area contributed by atoms with Crippen LogP contribution in [0.2, 0.25) is 0 Å². The molecule has 0 N–H and O–H groups in total. The highest BCUT2D eigenvalue weighted by Gasteiger charge is 2.40. The molecule has 19 heavy (non-hydrogen) atoms. The third-order valence-electron chi connectivity index (χ3n) is 5.35. The average molecular weight is 266 g/mol. The number of fused-ring (bicyclic) bond motifs is 1. The van der Waals surface area contributed by atoms with Gasteiger partial charge in [0.1, 0.15) is 6.29 Å². The highest BCUT2D eigenvalue weighted by Crippen LogP contribution is 2.33. The fourth-order valence-corrected chi connectivity index (χ4v) is 4.19. The summed E-state index contributed by atoms with van der Waals surface area (Å²) in [7, 11) is 2.27. The maximum absolute atomic E-state index is 11.4. The quantitative estimate of drug-likeness (QED) is 0.714. The van der Waals surface area contributed by atoms with E-state index in [0.717, 1.165) is 44.4 Å². The molecule has 3 aliphatic heterocycles. The second-order valence-corrected chi connectivity index (χ2v) is 6.76. The van der Waals surface area contributed by atoms with E-state index in [1.165, 1.54) is 32.4 Å². The lowest BCUT2D eigenvalue weighted by atomic mass is 9.82. The number of hydrogen-bond donors (Lipinski definition) is 0. The van der Waals surface area contributed by atoms with Crippen LogP contribution in [0.15, 0.2) is 0 Å². The topological polar surface area (TPSA) is 32.8 Å². The molecule has 4 heteroatoms. The van der Waals surface area contributed by atoms with Crippen molar-refractivity contribution < 1.29 is 9.53 Å². The maximum atomic E-state index is 11.4. The summed E-state index contributed by atoms with van der Waals surface area (Å²) in [5, 5.41) is 0. The summed E-state index contributed by atoms with van der Waals surface area (Å²) in [6.45, 7) is 5.85. The normalized spacial score (nSPS) is 41.1. The number of nitrogens with zero attached hydrogens (tertiary/aromatic N) is 2. The van der Waals surface area contributed by atoms with Gasteiger partial charge in [-0.25, -0.2) is 0 Å². The smallest absolute Gasteiger partial charge is 0.129 e. The lowest BCUT2D eigenvalue weighted by Crippen LogP contribution is -2.54. The average Bonchev–Trinajstić information content (AvgIpc) is 2.88. The van der Waals surface area contributed by atoms with Gasteiger partial charge in [0.05, 0.1) is 12.0 Å². The number of ether oxygens (including phenoxy) is 1. The predicted octanol–water partition coefficient (Wildman–Crippen LogP) is 1.01. The van der Waals surface area contributed by atoms with Crippen molar-refractivity contribution in [3.05, 3.63) is 0 Å². The highest BCUT2D eigenvalue weighted by molar-refractivity contribution is 5.60. The summed E-state index contributed by atoms with van der Waals surface area (Å²) in [6, 6.07) is 0.775. The Morgan fingerprint density at radius 1 is 1.37 bits per heavy atom. The van der Waals surface area contributed by atoms with Gasteiger partial charge >= 0.3 is 0 Å². The van der Waals surface area contributed by atoms with Crippen LogP contribution in [-0.4, -0.2) is 68.6 Å². The molecular weight excluding hydrogens is 240 g/mol. The van der Waals surface area contributed by atoms with E-state index in [-0.39, 0.29) is 5.41 Å². The molecule has 3 saturated heterocycles. The highest BCUT2D eigenvalue weighted by atomic mass is 16.5. The summed E-state index contributed by atoms with van der Waals surface area (Å²) in [5.41, 5.74) is -0.215. The number of carbonyl (C=O) groups excluding carboxylic acids is 1. The standard InChI is InChI=1S/C15H26N2O2/c1-16-6-2-3-13-9-17(7-4-14(13)16)10-15(11-18)5-8-19-12-15/h11,13-14H,2-10,12H2,1H3. The molecule has 3 aliphatic rings. The first-order valence-electron chi connectivity index (χ1n) is 7.69. The van der Waals surface area contributed by atoms with Crippen LogP contribution in [0.5, 0.6) is 0 Å². The number of aldehydes is 1. The van der Waals surface area contributed by atoms with Gasteiger partial charge in [0.25, 0.3) is 0 Å². The van der Waals surface area contributed by atoms with Crippen LogP contribution < -0.4 is 0 Å². The van der Waals surface area contributed by atoms with E-state index in [0.29, 0.717) is 6.61 Å². The molecule has 4 nitrogen and oxygen atoms in total. The number of hydrogen-bond acceptors (Lipinski definition) is 4. The Bertz CT molecular complexity index is 328. The molecule has 0 aliphatic carbocycles. The Hall–Kier alpha value is -0.450. The third kappa shape index (κ3) is 2.71. The molecule has 0 aromatic heterocycles. The first-order valence-corrected chi connectivity index (χ1v) is 7.69. The lowest BCUT2D eigenvalue weighted by molar-refractivity contribution is -0.118. The number of carbonyl (C=O) groups is 1. The van der Waals surface area contributed by atoms with Gasteiger partial charge in [0.15, 0.2) is 0 Å². The number of likely N-dealkylation sites (tertiary alicyclic amines) is 2. The Morgan fingerprint density at radius 3 is 3.00 bits per heavy atom. The van der Waals surface area contributed by atoms with Crippen LogP contribution in [0.25, 0.3) is 0 Å². The molecule has 0 spiro atoms. The molecule has 108 valence electrons. The summed E-state index contributed by atoms with van der Waals surface area (Å²) in [6.07, 6.45) is 6.00. The lowest BCUT2D eigenvalue weighted by Gasteiger charge is -2.47. The third-order valence-corrected chi connectivity index (χ3v) is 5.35. The van der Waals surface area contributed by atoms with Crippen LogP contribution in [0.4, 0.5) is 0 Å². The molecule has 0 saturated carbocycles. The van der Waals surface area contributed by atoms with Crippen molar-refractivity contribution in [3.8, 4) is 0 Å². The predicted molar refractivity (Wildman–Crippen MR) is 74.1 cm³/mol. The van der Waals surface area contributed by atoms with Crippen molar-refractivity contribution in [2.75, 3.05) is 46.4 Å².